The van der Waals surface area contributed by atoms with Gasteiger partial charge in [0.25, 0.3) is 0 Å². The summed E-state index contributed by atoms with van der Waals surface area (Å²) in [5, 5.41) is 0. The van der Waals surface area contributed by atoms with E-state index in [-0.39, 0.29) is 0 Å². The van der Waals surface area contributed by atoms with Crippen molar-refractivity contribution in [2.75, 3.05) is 0 Å². The summed E-state index contributed by atoms with van der Waals surface area (Å²) in [7, 11) is 0. The second kappa shape index (κ2) is 8.77. The van der Waals surface area contributed by atoms with Gasteiger partial charge in [0.05, 0.1) is 0 Å². The van der Waals surface area contributed by atoms with Gasteiger partial charge in [-0.25, -0.2) is 0 Å². The van der Waals surface area contributed by atoms with Crippen molar-refractivity contribution in [1.82, 2.24) is 0 Å². The van der Waals surface area contributed by atoms with Crippen LogP contribution < -0.4 is 17.6 Å². The molecule has 4 rings (SSSR count). The number of benzene rings is 4. The van der Waals surface area contributed by atoms with Crippen LogP contribution in [0, 0.1) is 0 Å². The average Bonchev–Trinajstić information content (AvgIpc) is 2.81. The first-order valence-electron chi connectivity index (χ1n) is 10.3. The van der Waals surface area contributed by atoms with Crippen LogP contribution in [0.15, 0.2) is 121 Å². The van der Waals surface area contributed by atoms with E-state index >= 15 is 0 Å². The molecule has 0 spiro atoms. The summed E-state index contributed by atoms with van der Waals surface area (Å²) in [5.74, 6) is 5.25. The molecule has 0 heterocycles. The molecule has 0 unspecified atom stereocenters. The van der Waals surface area contributed by atoms with Crippen molar-refractivity contribution < 1.29 is 0 Å². The second-order valence-corrected chi connectivity index (χ2v) is 28.9. The van der Waals surface area contributed by atoms with E-state index < -0.39 is 26.5 Å². The Morgan fingerprint density at radius 3 is 0.793 bits per heavy atom. The second-order valence-electron chi connectivity index (χ2n) is 8.31. The molecule has 0 bridgehead atoms. The summed E-state index contributed by atoms with van der Waals surface area (Å²) in [4.78, 5) is 0. The van der Waals surface area contributed by atoms with Crippen LogP contribution in [0.2, 0.25) is 15.6 Å². The van der Waals surface area contributed by atoms with Crippen LogP contribution >= 0.6 is 0 Å². The van der Waals surface area contributed by atoms with Gasteiger partial charge in [0.15, 0.2) is 0 Å². The SMILES string of the molecule is [CH3][Ge]([CH2][Ge]([CH3])([c]1ccccc1)[c]1ccccc1)([c]1ccccc1)[c]1ccccc1. The molecule has 0 N–H and O–H groups in total. The van der Waals surface area contributed by atoms with Crippen LogP contribution in [0.25, 0.3) is 0 Å². The molecule has 0 atom stereocenters. The number of hydrogen-bond donors (Lipinski definition) is 0. The molecule has 0 aliphatic carbocycles. The van der Waals surface area contributed by atoms with Crippen LogP contribution in [0.3, 0.4) is 0 Å². The summed E-state index contributed by atoms with van der Waals surface area (Å²) < 4.78 is 7.69. The fraction of sp³-hybridized carbons (Fsp3) is 0.111. The van der Waals surface area contributed by atoms with E-state index in [1.165, 1.54) is 4.09 Å². The normalized spacial score (nSPS) is 11.9. The fourth-order valence-electron chi connectivity index (χ4n) is 4.67. The van der Waals surface area contributed by atoms with Crippen molar-refractivity contribution >= 4 is 44.1 Å². The van der Waals surface area contributed by atoms with E-state index in [2.05, 4.69) is 133 Å². The first-order valence-corrected chi connectivity index (χ1v) is 21.7. The Hall–Kier alpha value is -2.03. The summed E-state index contributed by atoms with van der Waals surface area (Å²) >= 11 is -5.15. The Morgan fingerprint density at radius 2 is 0.586 bits per heavy atom. The van der Waals surface area contributed by atoms with Crippen molar-refractivity contribution in [1.29, 1.82) is 0 Å². The molecule has 0 radical (unpaired) electrons. The molecule has 2 heteroatoms. The van der Waals surface area contributed by atoms with Gasteiger partial charge < -0.3 is 0 Å². The monoisotopic (exact) mass is 500 g/mol. The van der Waals surface area contributed by atoms with Gasteiger partial charge in [-0.05, 0) is 0 Å². The topological polar surface area (TPSA) is 0 Å². The minimum atomic E-state index is -2.58. The maximum atomic E-state index is 2.63. The Labute approximate surface area is 180 Å². The zero-order chi connectivity index (χ0) is 20.2. The summed E-state index contributed by atoms with van der Waals surface area (Å²) in [6.45, 7) is 0. The first kappa shape index (κ1) is 20.2. The molecular weight excluding hydrogens is 470 g/mol. The van der Waals surface area contributed by atoms with Gasteiger partial charge in [0.1, 0.15) is 0 Å². The third-order valence-corrected chi connectivity index (χ3v) is 38.2. The van der Waals surface area contributed by atoms with Crippen molar-refractivity contribution in [2.24, 2.45) is 0 Å². The molecule has 4 aromatic rings. The van der Waals surface area contributed by atoms with E-state index in [4.69, 9.17) is 0 Å². The molecule has 0 saturated heterocycles. The van der Waals surface area contributed by atoms with Gasteiger partial charge in [-0.15, -0.1) is 0 Å². The number of hydrogen-bond acceptors (Lipinski definition) is 0. The van der Waals surface area contributed by atoms with Gasteiger partial charge in [0, 0.05) is 0 Å². The fourth-order valence-corrected chi connectivity index (χ4v) is 42.9. The van der Waals surface area contributed by atoms with Crippen LogP contribution in [0.5, 0.6) is 0 Å². The van der Waals surface area contributed by atoms with Crippen LogP contribution in [-0.2, 0) is 0 Å². The van der Waals surface area contributed by atoms with E-state index in [1.54, 1.807) is 17.6 Å². The molecule has 0 fully saturated rings. The predicted octanol–water partition coefficient (Wildman–Crippen LogP) is 4.31. The Morgan fingerprint density at radius 1 is 0.379 bits per heavy atom. The van der Waals surface area contributed by atoms with Crippen molar-refractivity contribution in [2.45, 2.75) is 15.6 Å². The molecule has 0 nitrogen and oxygen atoms in total. The molecule has 29 heavy (non-hydrogen) atoms. The zero-order valence-corrected chi connectivity index (χ0v) is 21.5. The van der Waals surface area contributed by atoms with E-state index in [0.29, 0.717) is 0 Å². The molecule has 0 saturated carbocycles. The average molecular weight is 498 g/mol. The third kappa shape index (κ3) is 4.15. The standard InChI is InChI=1S/C27H28Ge2/c1-28(24-15-7-3-8-16-24,25-17-9-4-10-18-25)23-29(2,26-19-11-5-12-20-26)27-21-13-6-14-22-27/h3-22H,23H2,1-2H3. The third-order valence-electron chi connectivity index (χ3n) is 6.35. The van der Waals surface area contributed by atoms with Crippen LogP contribution in [0.4, 0.5) is 0 Å². The molecule has 4 aromatic carbocycles. The van der Waals surface area contributed by atoms with E-state index in [0.717, 1.165) is 0 Å². The van der Waals surface area contributed by atoms with Crippen molar-refractivity contribution in [3.05, 3.63) is 121 Å². The van der Waals surface area contributed by atoms with Crippen molar-refractivity contribution in [3.63, 3.8) is 0 Å². The molecular formula is C27H28Ge2. The van der Waals surface area contributed by atoms with Crippen LogP contribution in [0.1, 0.15) is 0 Å². The zero-order valence-electron chi connectivity index (χ0n) is 17.3. The van der Waals surface area contributed by atoms with Crippen molar-refractivity contribution in [3.8, 4) is 0 Å². The predicted molar refractivity (Wildman–Crippen MR) is 132 cm³/mol. The molecule has 0 aliphatic heterocycles. The van der Waals surface area contributed by atoms with Gasteiger partial charge in [-0.3, -0.25) is 0 Å². The molecule has 0 aromatic heterocycles. The van der Waals surface area contributed by atoms with Gasteiger partial charge in [0.2, 0.25) is 0 Å². The molecule has 144 valence electrons. The Kier molecular flexibility index (Phi) is 6.12. The quantitative estimate of drug-likeness (QED) is 0.348. The Bertz CT molecular complexity index is 863. The van der Waals surface area contributed by atoms with Crippen LogP contribution in [-0.4, -0.2) is 26.5 Å². The molecule has 0 amide bonds. The van der Waals surface area contributed by atoms with E-state index in [1.807, 2.05) is 0 Å². The first-order chi connectivity index (χ1) is 14.1. The van der Waals surface area contributed by atoms with E-state index in [9.17, 15) is 0 Å². The molecule has 0 aliphatic rings. The van der Waals surface area contributed by atoms with Gasteiger partial charge >= 0.3 is 181 Å². The summed E-state index contributed by atoms with van der Waals surface area (Å²) in [5.41, 5.74) is 0. The maximum absolute atomic E-state index is 2.63. The van der Waals surface area contributed by atoms with Gasteiger partial charge in [-0.1, -0.05) is 0 Å². The summed E-state index contributed by atoms with van der Waals surface area (Å²) in [6.07, 6.45) is 0. The minimum absolute atomic E-state index is 1.35. The Balaban J connectivity index is 1.91. The van der Waals surface area contributed by atoms with Gasteiger partial charge in [-0.2, -0.15) is 0 Å². The summed E-state index contributed by atoms with van der Waals surface area (Å²) in [6, 6.07) is 45.4. The number of rotatable bonds is 6.